The quantitative estimate of drug-likeness (QED) is 0.260. The van der Waals surface area contributed by atoms with Gasteiger partial charge in [-0.05, 0) is 55.3 Å². The van der Waals surface area contributed by atoms with Crippen LogP contribution in [-0.2, 0) is 4.79 Å². The van der Waals surface area contributed by atoms with Gasteiger partial charge in [0.1, 0.15) is 11.6 Å². The van der Waals surface area contributed by atoms with E-state index in [1.54, 1.807) is 24.3 Å². The molecule has 206 valence electrons. The highest BCUT2D eigenvalue weighted by Gasteiger charge is 2.23. The third-order valence-corrected chi connectivity index (χ3v) is 7.02. The standard InChI is InChI=1S/C30H28ClFN4O4/c1-39-26-16-21(31)15-20(28(26)40-18-27(37)34-23-13-11-22(32)12-14-23)17-33-36-29(19-7-3-2-4-8-19)35-25-10-6-5-9-24(25)30(36)38/h5-6,9-17,19H,2-4,7-8,18H2,1H3,(H,34,37). The molecule has 10 heteroatoms. The Kier molecular flexibility index (Phi) is 8.40. The van der Waals surface area contributed by atoms with Crippen molar-refractivity contribution in [3.8, 4) is 11.5 Å². The number of hydrogen-bond acceptors (Lipinski definition) is 6. The number of benzene rings is 3. The fraction of sp³-hybridized carbons (Fsp3) is 0.267. The summed E-state index contributed by atoms with van der Waals surface area (Å²) in [6.07, 6.45) is 6.63. The molecule has 1 aromatic heterocycles. The molecule has 0 bridgehead atoms. The second-order valence-electron chi connectivity index (χ2n) is 9.55. The Labute approximate surface area is 235 Å². The highest BCUT2D eigenvalue weighted by molar-refractivity contribution is 6.31. The minimum absolute atomic E-state index is 0.114. The van der Waals surface area contributed by atoms with Gasteiger partial charge in [0.25, 0.3) is 11.5 Å². The summed E-state index contributed by atoms with van der Waals surface area (Å²) in [6.45, 7) is -0.360. The van der Waals surface area contributed by atoms with E-state index in [1.165, 1.54) is 42.3 Å². The Morgan fingerprint density at radius 3 is 2.65 bits per heavy atom. The van der Waals surface area contributed by atoms with E-state index in [4.69, 9.17) is 26.1 Å². The molecule has 0 atom stereocenters. The van der Waals surface area contributed by atoms with Gasteiger partial charge in [0.2, 0.25) is 0 Å². The summed E-state index contributed by atoms with van der Waals surface area (Å²) in [5.41, 5.74) is 1.21. The van der Waals surface area contributed by atoms with E-state index in [-0.39, 0.29) is 23.8 Å². The van der Waals surface area contributed by atoms with Crippen molar-refractivity contribution in [2.24, 2.45) is 5.10 Å². The number of methoxy groups -OCH3 is 1. The predicted octanol–water partition coefficient (Wildman–Crippen LogP) is 6.15. The second kappa shape index (κ2) is 12.3. The number of amides is 1. The molecule has 0 radical (unpaired) electrons. The summed E-state index contributed by atoms with van der Waals surface area (Å²) in [7, 11) is 1.46. The summed E-state index contributed by atoms with van der Waals surface area (Å²) in [5.74, 6) is 0.390. The van der Waals surface area contributed by atoms with Crippen molar-refractivity contribution < 1.29 is 18.7 Å². The number of rotatable bonds is 8. The Morgan fingerprint density at radius 2 is 1.90 bits per heavy atom. The first kappa shape index (κ1) is 27.3. The van der Waals surface area contributed by atoms with Crippen molar-refractivity contribution in [1.82, 2.24) is 9.66 Å². The summed E-state index contributed by atoms with van der Waals surface area (Å²) in [6, 6.07) is 15.8. The van der Waals surface area contributed by atoms with Crippen molar-refractivity contribution in [2.75, 3.05) is 19.0 Å². The lowest BCUT2D eigenvalue weighted by atomic mass is 9.88. The molecule has 0 aliphatic heterocycles. The monoisotopic (exact) mass is 562 g/mol. The van der Waals surface area contributed by atoms with Gasteiger partial charge >= 0.3 is 0 Å². The molecule has 1 amide bonds. The normalized spacial score (nSPS) is 14.0. The summed E-state index contributed by atoms with van der Waals surface area (Å²) >= 11 is 6.34. The molecule has 1 aliphatic rings. The maximum Gasteiger partial charge on any atom is 0.282 e. The molecule has 1 aliphatic carbocycles. The number of ether oxygens (including phenoxy) is 2. The molecular formula is C30H28ClFN4O4. The van der Waals surface area contributed by atoms with Gasteiger partial charge in [-0.1, -0.05) is 43.0 Å². The first-order chi connectivity index (χ1) is 19.4. The van der Waals surface area contributed by atoms with E-state index in [0.29, 0.717) is 38.8 Å². The maximum atomic E-state index is 13.5. The number of aromatic nitrogens is 2. The van der Waals surface area contributed by atoms with Crippen LogP contribution in [0, 0.1) is 5.82 Å². The molecule has 1 N–H and O–H groups in total. The summed E-state index contributed by atoms with van der Waals surface area (Å²) < 4.78 is 25.8. The predicted molar refractivity (Wildman–Crippen MR) is 153 cm³/mol. The first-order valence-corrected chi connectivity index (χ1v) is 13.4. The Hall–Kier alpha value is -4.24. The molecule has 0 unspecified atom stereocenters. The van der Waals surface area contributed by atoms with Gasteiger partial charge < -0.3 is 14.8 Å². The topological polar surface area (TPSA) is 94.8 Å². The SMILES string of the molecule is COc1cc(Cl)cc(C=Nn2c(C3CCCCC3)nc3ccccc3c2=O)c1OCC(=O)Nc1ccc(F)cc1. The van der Waals surface area contributed by atoms with E-state index in [0.717, 1.165) is 32.1 Å². The minimum Gasteiger partial charge on any atom is -0.493 e. The van der Waals surface area contributed by atoms with Crippen molar-refractivity contribution in [3.05, 3.63) is 93.2 Å². The average molecular weight is 563 g/mol. The molecule has 5 rings (SSSR count). The number of carbonyl (C=O) groups excluding carboxylic acids is 1. The van der Waals surface area contributed by atoms with E-state index in [1.807, 2.05) is 12.1 Å². The second-order valence-corrected chi connectivity index (χ2v) is 9.99. The van der Waals surface area contributed by atoms with Crippen LogP contribution in [0.15, 0.2) is 70.6 Å². The third-order valence-electron chi connectivity index (χ3n) is 6.81. The molecule has 1 saturated carbocycles. The van der Waals surface area contributed by atoms with Crippen LogP contribution >= 0.6 is 11.6 Å². The third kappa shape index (κ3) is 6.15. The minimum atomic E-state index is -0.457. The van der Waals surface area contributed by atoms with Gasteiger partial charge in [-0.2, -0.15) is 9.78 Å². The average Bonchev–Trinajstić information content (AvgIpc) is 2.97. The smallest absolute Gasteiger partial charge is 0.282 e. The molecule has 0 saturated heterocycles. The zero-order valence-electron chi connectivity index (χ0n) is 21.9. The summed E-state index contributed by atoms with van der Waals surface area (Å²) in [4.78, 5) is 30.9. The van der Waals surface area contributed by atoms with Crippen LogP contribution < -0.4 is 20.3 Å². The van der Waals surface area contributed by atoms with Crippen LogP contribution in [0.4, 0.5) is 10.1 Å². The maximum absolute atomic E-state index is 13.5. The van der Waals surface area contributed by atoms with E-state index >= 15 is 0 Å². The Morgan fingerprint density at radius 1 is 1.15 bits per heavy atom. The van der Waals surface area contributed by atoms with Gasteiger partial charge in [0.15, 0.2) is 18.1 Å². The lowest BCUT2D eigenvalue weighted by Gasteiger charge is -2.22. The molecular weight excluding hydrogens is 535 g/mol. The van der Waals surface area contributed by atoms with Crippen molar-refractivity contribution in [3.63, 3.8) is 0 Å². The number of anilines is 1. The van der Waals surface area contributed by atoms with Gasteiger partial charge in [0.05, 0.1) is 24.2 Å². The molecule has 8 nitrogen and oxygen atoms in total. The van der Waals surface area contributed by atoms with E-state index in [2.05, 4.69) is 10.4 Å². The number of fused-ring (bicyclic) bond motifs is 1. The van der Waals surface area contributed by atoms with Gasteiger partial charge in [-0.3, -0.25) is 9.59 Å². The number of nitrogens with one attached hydrogen (secondary N) is 1. The Balaban J connectivity index is 1.48. The van der Waals surface area contributed by atoms with Crippen LogP contribution in [0.1, 0.15) is 49.4 Å². The highest BCUT2D eigenvalue weighted by atomic mass is 35.5. The molecule has 0 spiro atoms. The lowest BCUT2D eigenvalue weighted by molar-refractivity contribution is -0.118. The van der Waals surface area contributed by atoms with Crippen LogP contribution in [-0.4, -0.2) is 35.5 Å². The van der Waals surface area contributed by atoms with Crippen LogP contribution in [0.3, 0.4) is 0 Å². The number of hydrogen-bond donors (Lipinski definition) is 1. The number of nitrogens with zero attached hydrogens (tertiary/aromatic N) is 3. The van der Waals surface area contributed by atoms with Gasteiger partial charge in [0, 0.05) is 28.3 Å². The molecule has 1 heterocycles. The van der Waals surface area contributed by atoms with Crippen LogP contribution in [0.25, 0.3) is 10.9 Å². The van der Waals surface area contributed by atoms with Crippen LogP contribution in [0.2, 0.25) is 5.02 Å². The Bertz CT molecular complexity index is 1620. The zero-order chi connectivity index (χ0) is 28.1. The molecule has 4 aromatic rings. The first-order valence-electron chi connectivity index (χ1n) is 13.0. The molecule has 40 heavy (non-hydrogen) atoms. The van der Waals surface area contributed by atoms with Crippen molar-refractivity contribution >= 4 is 40.3 Å². The van der Waals surface area contributed by atoms with Crippen LogP contribution in [0.5, 0.6) is 11.5 Å². The van der Waals surface area contributed by atoms with Crippen molar-refractivity contribution in [2.45, 2.75) is 38.0 Å². The molecule has 3 aromatic carbocycles. The summed E-state index contributed by atoms with van der Waals surface area (Å²) in [5, 5.41) is 8.05. The fourth-order valence-electron chi connectivity index (χ4n) is 4.86. The zero-order valence-corrected chi connectivity index (χ0v) is 22.7. The van der Waals surface area contributed by atoms with Gasteiger partial charge in [-0.15, -0.1) is 0 Å². The molecule has 1 fully saturated rings. The number of carbonyl (C=O) groups is 1. The largest absolute Gasteiger partial charge is 0.493 e. The van der Waals surface area contributed by atoms with E-state index < -0.39 is 11.7 Å². The van der Waals surface area contributed by atoms with Gasteiger partial charge in [-0.25, -0.2) is 9.37 Å². The van der Waals surface area contributed by atoms with Crippen molar-refractivity contribution in [1.29, 1.82) is 0 Å². The van der Waals surface area contributed by atoms with E-state index in [9.17, 15) is 14.0 Å². The number of para-hydroxylation sites is 1. The lowest BCUT2D eigenvalue weighted by Crippen LogP contribution is -2.25. The fourth-order valence-corrected chi connectivity index (χ4v) is 5.07. The highest BCUT2D eigenvalue weighted by Crippen LogP contribution is 2.35. The number of halogens is 2.